The highest BCUT2D eigenvalue weighted by atomic mass is 35.5. The monoisotopic (exact) mass is 347 g/mol. The molecule has 0 radical (unpaired) electrons. The average molecular weight is 348 g/mol. The van der Waals surface area contributed by atoms with Gasteiger partial charge in [-0.25, -0.2) is 9.59 Å². The second-order valence-corrected chi connectivity index (χ2v) is 6.86. The molecule has 7 heteroatoms. The lowest BCUT2D eigenvalue weighted by Gasteiger charge is -2.36. The fraction of sp³-hybridized carbons (Fsp3) is 0.467. The SMILES string of the molecule is CN(C(=O)OC(C)(C)C)C(C)(C(=O)O)c1ccc(Cl)c(Cl)c1. The van der Waals surface area contributed by atoms with Crippen molar-refractivity contribution in [1.82, 2.24) is 4.90 Å². The number of rotatable bonds is 3. The predicted molar refractivity (Wildman–Crippen MR) is 85.4 cm³/mol. The van der Waals surface area contributed by atoms with Crippen molar-refractivity contribution in [2.24, 2.45) is 0 Å². The van der Waals surface area contributed by atoms with Crippen molar-refractivity contribution in [3.63, 3.8) is 0 Å². The lowest BCUT2D eigenvalue weighted by molar-refractivity contribution is -0.150. The number of halogens is 2. The van der Waals surface area contributed by atoms with Gasteiger partial charge in [0.2, 0.25) is 0 Å². The summed E-state index contributed by atoms with van der Waals surface area (Å²) >= 11 is 11.8. The van der Waals surface area contributed by atoms with Crippen molar-refractivity contribution in [1.29, 1.82) is 0 Å². The van der Waals surface area contributed by atoms with Gasteiger partial charge in [0.25, 0.3) is 0 Å². The van der Waals surface area contributed by atoms with Crippen LogP contribution in [-0.2, 0) is 15.1 Å². The Morgan fingerprint density at radius 2 is 1.68 bits per heavy atom. The Labute approximate surface area is 139 Å². The van der Waals surface area contributed by atoms with Gasteiger partial charge in [-0.2, -0.15) is 0 Å². The van der Waals surface area contributed by atoms with Gasteiger partial charge in [-0.05, 0) is 45.4 Å². The highest BCUT2D eigenvalue weighted by molar-refractivity contribution is 6.42. The van der Waals surface area contributed by atoms with Gasteiger partial charge in [0, 0.05) is 7.05 Å². The highest BCUT2D eigenvalue weighted by Gasteiger charge is 2.43. The van der Waals surface area contributed by atoms with Crippen LogP contribution in [0.1, 0.15) is 33.3 Å². The first kappa shape index (κ1) is 18.6. The van der Waals surface area contributed by atoms with Crippen LogP contribution in [0.5, 0.6) is 0 Å². The minimum atomic E-state index is -1.64. The van der Waals surface area contributed by atoms with E-state index < -0.39 is 23.2 Å². The number of likely N-dealkylation sites (N-methyl/N-ethyl adjacent to an activating group) is 1. The van der Waals surface area contributed by atoms with Gasteiger partial charge < -0.3 is 9.84 Å². The lowest BCUT2D eigenvalue weighted by atomic mass is 9.90. The Kier molecular flexibility index (Phi) is 5.36. The molecule has 1 unspecified atom stereocenters. The molecule has 1 amide bonds. The Bertz CT molecular complexity index is 598. The first-order valence-corrected chi connectivity index (χ1v) is 7.31. The first-order valence-electron chi connectivity index (χ1n) is 6.55. The molecule has 1 rings (SSSR count). The summed E-state index contributed by atoms with van der Waals surface area (Å²) in [6.07, 6.45) is -0.747. The molecule has 0 aromatic heterocycles. The third kappa shape index (κ3) is 3.84. The van der Waals surface area contributed by atoms with Crippen LogP contribution in [0.4, 0.5) is 4.79 Å². The van der Waals surface area contributed by atoms with Crippen LogP contribution in [-0.4, -0.2) is 34.7 Å². The summed E-state index contributed by atoms with van der Waals surface area (Å²) in [5.41, 5.74) is -2.05. The third-order valence-corrected chi connectivity index (χ3v) is 3.98. The summed E-state index contributed by atoms with van der Waals surface area (Å²) in [5.74, 6) is -1.21. The van der Waals surface area contributed by atoms with Gasteiger partial charge in [-0.1, -0.05) is 29.3 Å². The molecule has 0 bridgehead atoms. The van der Waals surface area contributed by atoms with Gasteiger partial charge in [0.15, 0.2) is 5.54 Å². The summed E-state index contributed by atoms with van der Waals surface area (Å²) in [6, 6.07) is 4.44. The minimum absolute atomic E-state index is 0.212. The van der Waals surface area contributed by atoms with Crippen LogP contribution in [0.15, 0.2) is 18.2 Å². The fourth-order valence-electron chi connectivity index (χ4n) is 1.77. The Morgan fingerprint density at radius 3 is 2.09 bits per heavy atom. The zero-order valence-electron chi connectivity index (χ0n) is 13.1. The number of carboxylic acid groups (broad SMARTS) is 1. The topological polar surface area (TPSA) is 66.8 Å². The van der Waals surface area contributed by atoms with Crippen molar-refractivity contribution < 1.29 is 19.4 Å². The first-order chi connectivity index (χ1) is 9.89. The molecule has 0 aliphatic rings. The van der Waals surface area contributed by atoms with Crippen LogP contribution < -0.4 is 0 Å². The molecule has 122 valence electrons. The van der Waals surface area contributed by atoms with E-state index in [1.165, 1.54) is 32.2 Å². The van der Waals surface area contributed by atoms with Crippen molar-refractivity contribution >= 4 is 35.3 Å². The van der Waals surface area contributed by atoms with Gasteiger partial charge in [-0.15, -0.1) is 0 Å². The van der Waals surface area contributed by atoms with Crippen LogP contribution in [0.2, 0.25) is 10.0 Å². The summed E-state index contributed by atoms with van der Waals surface area (Å²) in [6.45, 7) is 6.51. The summed E-state index contributed by atoms with van der Waals surface area (Å²) in [4.78, 5) is 25.0. The molecule has 5 nitrogen and oxygen atoms in total. The van der Waals surface area contributed by atoms with Crippen LogP contribution in [0.3, 0.4) is 0 Å². The second kappa shape index (κ2) is 6.34. The maximum absolute atomic E-state index is 12.2. The number of benzene rings is 1. The number of hydrogen-bond donors (Lipinski definition) is 1. The molecule has 0 heterocycles. The van der Waals surface area contributed by atoms with E-state index in [0.29, 0.717) is 10.6 Å². The number of carboxylic acids is 1. The molecule has 1 atom stereocenters. The molecular formula is C15H19Cl2NO4. The van der Waals surface area contributed by atoms with E-state index in [1.54, 1.807) is 20.8 Å². The lowest BCUT2D eigenvalue weighted by Crippen LogP contribution is -2.52. The van der Waals surface area contributed by atoms with E-state index in [2.05, 4.69) is 0 Å². The third-order valence-electron chi connectivity index (χ3n) is 3.24. The highest BCUT2D eigenvalue weighted by Crippen LogP contribution is 2.33. The molecule has 22 heavy (non-hydrogen) atoms. The molecule has 1 aromatic carbocycles. The largest absolute Gasteiger partial charge is 0.479 e. The predicted octanol–water partition coefficient (Wildman–Crippen LogP) is 4.16. The molecule has 0 saturated heterocycles. The molecule has 0 spiro atoms. The van der Waals surface area contributed by atoms with Crippen molar-refractivity contribution in [2.75, 3.05) is 7.05 Å². The quantitative estimate of drug-likeness (QED) is 0.891. The molecule has 1 aromatic rings. The van der Waals surface area contributed by atoms with E-state index in [-0.39, 0.29) is 5.02 Å². The summed E-state index contributed by atoms with van der Waals surface area (Å²) < 4.78 is 5.24. The molecular weight excluding hydrogens is 329 g/mol. The average Bonchev–Trinajstić information content (AvgIpc) is 2.37. The van der Waals surface area contributed by atoms with E-state index in [9.17, 15) is 14.7 Å². The van der Waals surface area contributed by atoms with Crippen molar-refractivity contribution in [2.45, 2.75) is 38.8 Å². The Hall–Kier alpha value is -1.46. The van der Waals surface area contributed by atoms with Crippen molar-refractivity contribution in [3.8, 4) is 0 Å². The normalized spacial score (nSPS) is 14.1. The smallest absolute Gasteiger partial charge is 0.411 e. The van der Waals surface area contributed by atoms with Crippen LogP contribution in [0, 0.1) is 0 Å². The summed E-state index contributed by atoms with van der Waals surface area (Å²) in [7, 11) is 1.37. The Balaban J connectivity index is 3.28. The molecule has 0 aliphatic heterocycles. The number of amides is 1. The number of carbonyl (C=O) groups is 2. The molecule has 0 saturated carbocycles. The zero-order chi connectivity index (χ0) is 17.3. The van der Waals surface area contributed by atoms with Crippen molar-refractivity contribution in [3.05, 3.63) is 33.8 Å². The molecule has 0 fully saturated rings. The number of ether oxygens (including phenoxy) is 1. The number of hydrogen-bond acceptors (Lipinski definition) is 3. The standard InChI is InChI=1S/C15H19Cl2NO4/c1-14(2,3)22-13(21)18(5)15(4,12(19)20)9-6-7-10(16)11(17)8-9/h6-8H,1-5H3,(H,19,20). The molecule has 0 aliphatic carbocycles. The fourth-order valence-corrected chi connectivity index (χ4v) is 2.07. The van der Waals surface area contributed by atoms with E-state index in [0.717, 1.165) is 4.90 Å². The van der Waals surface area contributed by atoms with Crippen LogP contribution >= 0.6 is 23.2 Å². The summed E-state index contributed by atoms with van der Waals surface area (Å²) in [5, 5.41) is 10.2. The van der Waals surface area contributed by atoms with Gasteiger partial charge in [0.1, 0.15) is 5.60 Å². The Morgan fingerprint density at radius 1 is 1.14 bits per heavy atom. The van der Waals surface area contributed by atoms with Gasteiger partial charge in [-0.3, -0.25) is 4.90 Å². The number of aliphatic carboxylic acids is 1. The maximum atomic E-state index is 12.2. The minimum Gasteiger partial charge on any atom is -0.479 e. The van der Waals surface area contributed by atoms with E-state index in [1.807, 2.05) is 0 Å². The van der Waals surface area contributed by atoms with Gasteiger partial charge in [0.05, 0.1) is 10.0 Å². The number of nitrogens with zero attached hydrogens (tertiary/aromatic N) is 1. The van der Waals surface area contributed by atoms with E-state index in [4.69, 9.17) is 27.9 Å². The number of carbonyl (C=O) groups excluding carboxylic acids is 1. The van der Waals surface area contributed by atoms with Crippen LogP contribution in [0.25, 0.3) is 0 Å². The molecule has 1 N–H and O–H groups in total. The van der Waals surface area contributed by atoms with E-state index >= 15 is 0 Å². The second-order valence-electron chi connectivity index (χ2n) is 6.05. The zero-order valence-corrected chi connectivity index (χ0v) is 14.6. The maximum Gasteiger partial charge on any atom is 0.411 e. The van der Waals surface area contributed by atoms with Gasteiger partial charge >= 0.3 is 12.1 Å².